The molecule has 1 aromatic rings. The molecule has 0 spiro atoms. The maximum Gasteiger partial charge on any atom is 0.191 e. The van der Waals surface area contributed by atoms with Crippen LogP contribution in [0.1, 0.15) is 44.3 Å². The van der Waals surface area contributed by atoms with Gasteiger partial charge in [0.05, 0.1) is 6.54 Å². The molecular weight excluding hydrogens is 252 g/mol. The fourth-order valence-corrected chi connectivity index (χ4v) is 2.56. The van der Waals surface area contributed by atoms with Crippen molar-refractivity contribution in [2.45, 2.75) is 52.1 Å². The average molecular weight is 278 g/mol. The van der Waals surface area contributed by atoms with Crippen molar-refractivity contribution in [2.75, 3.05) is 7.05 Å². The molecule has 1 fully saturated rings. The lowest BCUT2D eigenvalue weighted by atomic mass is 9.87. The molecule has 0 aromatic carbocycles. The van der Waals surface area contributed by atoms with Gasteiger partial charge in [0, 0.05) is 20.1 Å². The molecule has 2 rings (SSSR count). The molecule has 0 atom stereocenters. The smallest absolute Gasteiger partial charge is 0.191 e. The van der Waals surface area contributed by atoms with E-state index in [4.69, 9.17) is 0 Å². The highest BCUT2D eigenvalue weighted by molar-refractivity contribution is 5.79. The molecule has 1 saturated carbocycles. The Balaban J connectivity index is 1.82. The van der Waals surface area contributed by atoms with Gasteiger partial charge in [-0.2, -0.15) is 0 Å². The highest BCUT2D eigenvalue weighted by Crippen LogP contribution is 2.23. The van der Waals surface area contributed by atoms with E-state index in [1.807, 2.05) is 25.6 Å². The normalized spacial score (nSPS) is 23.7. The third-order valence-electron chi connectivity index (χ3n) is 4.18. The second kappa shape index (κ2) is 6.72. The fraction of sp³-hybridized carbons (Fsp3) is 0.786. The van der Waals surface area contributed by atoms with Gasteiger partial charge in [-0.3, -0.25) is 4.99 Å². The Hall–Kier alpha value is -1.59. The maximum absolute atomic E-state index is 4.29. The molecule has 0 bridgehead atoms. The highest BCUT2D eigenvalue weighted by atomic mass is 15.3. The lowest BCUT2D eigenvalue weighted by Crippen LogP contribution is -2.44. The lowest BCUT2D eigenvalue weighted by molar-refractivity contribution is 0.329. The zero-order chi connectivity index (χ0) is 14.5. The van der Waals surface area contributed by atoms with E-state index in [1.165, 1.54) is 25.7 Å². The van der Waals surface area contributed by atoms with E-state index in [0.29, 0.717) is 12.6 Å². The zero-order valence-corrected chi connectivity index (χ0v) is 13.0. The molecule has 1 aliphatic rings. The first kappa shape index (κ1) is 14.8. The Labute approximate surface area is 121 Å². The van der Waals surface area contributed by atoms with Crippen LogP contribution in [0.5, 0.6) is 0 Å². The Kier molecular flexibility index (Phi) is 4.98. The molecule has 0 amide bonds. The van der Waals surface area contributed by atoms with Gasteiger partial charge in [0.2, 0.25) is 0 Å². The van der Waals surface area contributed by atoms with E-state index in [0.717, 1.165) is 23.5 Å². The number of rotatable bonds is 3. The Morgan fingerprint density at radius 3 is 2.55 bits per heavy atom. The number of guanidine groups is 1. The van der Waals surface area contributed by atoms with Crippen LogP contribution in [0.4, 0.5) is 0 Å². The molecule has 2 N–H and O–H groups in total. The molecular formula is C14H26N6. The minimum absolute atomic E-state index is 0.540. The highest BCUT2D eigenvalue weighted by Gasteiger charge is 2.19. The number of hydrogen-bond donors (Lipinski definition) is 2. The predicted octanol–water partition coefficient (Wildman–Crippen LogP) is 1.37. The maximum atomic E-state index is 4.29. The second-order valence-corrected chi connectivity index (χ2v) is 5.75. The summed E-state index contributed by atoms with van der Waals surface area (Å²) in [5, 5.41) is 15.0. The molecule has 0 unspecified atom stereocenters. The van der Waals surface area contributed by atoms with Gasteiger partial charge < -0.3 is 15.2 Å². The molecule has 1 heterocycles. The lowest BCUT2D eigenvalue weighted by Gasteiger charge is -2.28. The zero-order valence-electron chi connectivity index (χ0n) is 13.0. The van der Waals surface area contributed by atoms with Crippen LogP contribution in [0, 0.1) is 12.8 Å². The molecule has 6 heteroatoms. The van der Waals surface area contributed by atoms with E-state index in [9.17, 15) is 0 Å². The number of nitrogens with zero attached hydrogens (tertiary/aromatic N) is 4. The molecule has 1 aliphatic carbocycles. The standard InChI is InChI=1S/C14H26N6/c1-10-5-7-12(8-6-10)17-14(15-3)16-9-13-19-18-11(2)20(13)4/h10,12H,5-9H2,1-4H3,(H2,15,16,17). The van der Waals surface area contributed by atoms with E-state index in [-0.39, 0.29) is 0 Å². The van der Waals surface area contributed by atoms with Crippen LogP contribution < -0.4 is 10.6 Å². The SMILES string of the molecule is CN=C(NCc1nnc(C)n1C)NC1CCC(C)CC1. The van der Waals surface area contributed by atoms with Gasteiger partial charge in [-0.25, -0.2) is 0 Å². The van der Waals surface area contributed by atoms with Crippen molar-refractivity contribution < 1.29 is 0 Å². The van der Waals surface area contributed by atoms with Crippen molar-refractivity contribution in [3.05, 3.63) is 11.6 Å². The minimum atomic E-state index is 0.540. The quantitative estimate of drug-likeness (QED) is 0.647. The van der Waals surface area contributed by atoms with Gasteiger partial charge >= 0.3 is 0 Å². The molecule has 0 radical (unpaired) electrons. The van der Waals surface area contributed by atoms with Crippen LogP contribution in [0.25, 0.3) is 0 Å². The van der Waals surface area contributed by atoms with Crippen LogP contribution in [-0.4, -0.2) is 33.8 Å². The van der Waals surface area contributed by atoms with Gasteiger partial charge in [-0.05, 0) is 38.5 Å². The molecule has 1 aromatic heterocycles. The number of aryl methyl sites for hydroxylation is 1. The first-order valence-corrected chi connectivity index (χ1v) is 7.42. The summed E-state index contributed by atoms with van der Waals surface area (Å²) in [7, 11) is 3.79. The first-order valence-electron chi connectivity index (χ1n) is 7.42. The van der Waals surface area contributed by atoms with Crippen molar-refractivity contribution in [3.63, 3.8) is 0 Å². The summed E-state index contributed by atoms with van der Waals surface area (Å²) in [4.78, 5) is 4.29. The number of aliphatic imine (C=N–C) groups is 1. The Morgan fingerprint density at radius 1 is 1.30 bits per heavy atom. The van der Waals surface area contributed by atoms with Gasteiger partial charge in [0.15, 0.2) is 11.8 Å². The fourth-order valence-electron chi connectivity index (χ4n) is 2.56. The second-order valence-electron chi connectivity index (χ2n) is 5.75. The third-order valence-corrected chi connectivity index (χ3v) is 4.18. The predicted molar refractivity (Wildman–Crippen MR) is 80.5 cm³/mol. The summed E-state index contributed by atoms with van der Waals surface area (Å²) in [5.74, 6) is 3.56. The van der Waals surface area contributed by atoms with Crippen LogP contribution in [0.3, 0.4) is 0 Å². The van der Waals surface area contributed by atoms with E-state index < -0.39 is 0 Å². The Morgan fingerprint density at radius 2 is 2.00 bits per heavy atom. The third kappa shape index (κ3) is 3.71. The van der Waals surface area contributed by atoms with Crippen molar-refractivity contribution in [1.82, 2.24) is 25.4 Å². The van der Waals surface area contributed by atoms with Crippen molar-refractivity contribution in [1.29, 1.82) is 0 Å². The minimum Gasteiger partial charge on any atom is -0.354 e. The summed E-state index contributed by atoms with van der Waals surface area (Å²) in [6, 6.07) is 0.540. The van der Waals surface area contributed by atoms with E-state index in [2.05, 4.69) is 32.7 Å². The number of aromatic nitrogens is 3. The van der Waals surface area contributed by atoms with Gasteiger partial charge in [-0.1, -0.05) is 6.92 Å². The van der Waals surface area contributed by atoms with Crippen LogP contribution >= 0.6 is 0 Å². The van der Waals surface area contributed by atoms with Gasteiger partial charge in [0.1, 0.15) is 5.82 Å². The monoisotopic (exact) mass is 278 g/mol. The molecule has 6 nitrogen and oxygen atoms in total. The summed E-state index contributed by atoms with van der Waals surface area (Å²) >= 11 is 0. The average Bonchev–Trinajstić information content (AvgIpc) is 2.77. The summed E-state index contributed by atoms with van der Waals surface area (Å²) in [5.41, 5.74) is 0. The molecule has 0 saturated heterocycles. The van der Waals surface area contributed by atoms with Crippen molar-refractivity contribution in [2.24, 2.45) is 18.0 Å². The largest absolute Gasteiger partial charge is 0.354 e. The van der Waals surface area contributed by atoms with Crippen molar-refractivity contribution in [3.8, 4) is 0 Å². The summed E-state index contributed by atoms with van der Waals surface area (Å²) in [6.07, 6.45) is 5.06. The van der Waals surface area contributed by atoms with Crippen molar-refractivity contribution >= 4 is 5.96 Å². The molecule has 112 valence electrons. The van der Waals surface area contributed by atoms with Crippen LogP contribution in [0.2, 0.25) is 0 Å². The molecule has 0 aliphatic heterocycles. The number of hydrogen-bond acceptors (Lipinski definition) is 3. The topological polar surface area (TPSA) is 67.1 Å². The number of nitrogens with one attached hydrogen (secondary N) is 2. The summed E-state index contributed by atoms with van der Waals surface area (Å²) < 4.78 is 1.99. The van der Waals surface area contributed by atoms with Gasteiger partial charge in [-0.15, -0.1) is 10.2 Å². The van der Waals surface area contributed by atoms with Gasteiger partial charge in [0.25, 0.3) is 0 Å². The van der Waals surface area contributed by atoms with E-state index in [1.54, 1.807) is 0 Å². The van der Waals surface area contributed by atoms with Crippen LogP contribution in [-0.2, 0) is 13.6 Å². The summed E-state index contributed by atoms with van der Waals surface area (Å²) in [6.45, 7) is 4.92. The Bertz CT molecular complexity index is 456. The first-order chi connectivity index (χ1) is 9.60. The molecule has 20 heavy (non-hydrogen) atoms. The van der Waals surface area contributed by atoms with E-state index >= 15 is 0 Å². The van der Waals surface area contributed by atoms with Crippen LogP contribution in [0.15, 0.2) is 4.99 Å².